The molecule has 13 nitrogen and oxygen atoms in total. The third-order valence-corrected chi connectivity index (χ3v) is 7.80. The van der Waals surface area contributed by atoms with Gasteiger partial charge in [-0.15, -0.1) is 0 Å². The van der Waals surface area contributed by atoms with Crippen molar-refractivity contribution in [2.45, 2.75) is 85.2 Å². The van der Waals surface area contributed by atoms with Gasteiger partial charge in [0.1, 0.15) is 13.1 Å². The molecule has 17 heteroatoms. The number of aromatic nitrogens is 6. The number of anilines is 1. The number of benzene rings is 3. The predicted octanol–water partition coefficient (Wildman–Crippen LogP) is 8.42. The van der Waals surface area contributed by atoms with Crippen LogP contribution < -0.4 is 5.73 Å². The highest BCUT2D eigenvalue weighted by Crippen LogP contribution is 2.26. The quantitative estimate of drug-likeness (QED) is 0.0549. The number of nitro groups is 2. The number of aryl methyl sites for hydroxylation is 3. The molecule has 0 saturated heterocycles. The van der Waals surface area contributed by atoms with Crippen LogP contribution in [0.15, 0.2) is 54.6 Å². The molecule has 0 atom stereocenters. The van der Waals surface area contributed by atoms with Crippen LogP contribution in [-0.4, -0.2) is 52.5 Å². The molecule has 6 aromatic rings. The smallest absolute Gasteiger partial charge is 0.270 e. The first-order chi connectivity index (χ1) is 24.4. The van der Waals surface area contributed by atoms with Crippen molar-refractivity contribution in [1.82, 2.24) is 29.8 Å². The molecular formula is C34H39F4N9O4. The van der Waals surface area contributed by atoms with Crippen molar-refractivity contribution in [3.05, 3.63) is 91.9 Å². The van der Waals surface area contributed by atoms with Crippen molar-refractivity contribution in [3.8, 4) is 0 Å². The number of nitrogens with two attached hydrogens (primary N) is 1. The van der Waals surface area contributed by atoms with Crippen LogP contribution in [0.2, 0.25) is 0 Å². The van der Waals surface area contributed by atoms with E-state index in [1.165, 1.54) is 33.6 Å². The Morgan fingerprint density at radius 3 is 1.67 bits per heavy atom. The van der Waals surface area contributed by atoms with E-state index in [-0.39, 0.29) is 22.8 Å². The van der Waals surface area contributed by atoms with Crippen molar-refractivity contribution in [1.29, 1.82) is 0 Å². The molecule has 0 bridgehead atoms. The summed E-state index contributed by atoms with van der Waals surface area (Å²) in [5.41, 5.74) is 10.9. The Hall–Kier alpha value is -5.61. The summed E-state index contributed by atoms with van der Waals surface area (Å²) >= 11 is 0. The summed E-state index contributed by atoms with van der Waals surface area (Å²) in [6, 6.07) is 14.2. The number of hydrogen-bond acceptors (Lipinski definition) is 8. The molecule has 3 aromatic carbocycles. The van der Waals surface area contributed by atoms with E-state index in [2.05, 4.69) is 27.3 Å². The van der Waals surface area contributed by atoms with Crippen molar-refractivity contribution >= 4 is 49.8 Å². The molecule has 0 fully saturated rings. The van der Waals surface area contributed by atoms with Crippen LogP contribution in [0.5, 0.6) is 0 Å². The molecule has 0 aliphatic carbocycles. The van der Waals surface area contributed by atoms with Gasteiger partial charge in [-0.25, -0.2) is 17.6 Å². The Labute approximate surface area is 289 Å². The maximum atomic E-state index is 12.5. The van der Waals surface area contributed by atoms with Crippen molar-refractivity contribution < 1.29 is 27.4 Å². The number of alkyl halides is 4. The number of aromatic amines is 1. The lowest BCUT2D eigenvalue weighted by Crippen LogP contribution is -2.08. The lowest BCUT2D eigenvalue weighted by molar-refractivity contribution is -0.384. The van der Waals surface area contributed by atoms with E-state index >= 15 is 0 Å². The Morgan fingerprint density at radius 1 is 0.706 bits per heavy atom. The van der Waals surface area contributed by atoms with E-state index in [1.54, 1.807) is 30.3 Å². The standard InChI is InChI=1S/C12H13F2N3O2.C12H15F2N3.C10H11N3O2/c1-2-3-10-9-6-8(17(18)19)4-5-11(9)16(15-10)7-12(13)14;1-2-3-10-9-6-8(15)4-5-11(9)17(16-10)7-12(13)14;1-2-3-9-8-6-7(13(14)15)4-5-10(8)12-11-9/h4-6,12H,2-3,7H2,1H3;4-6,12H,2-3,7,15H2,1H3;4-6H,2-3H2,1H3,(H,11,12). The predicted molar refractivity (Wildman–Crippen MR) is 187 cm³/mol. The summed E-state index contributed by atoms with van der Waals surface area (Å²) in [7, 11) is 0. The number of nitrogen functional groups attached to an aromatic ring is 1. The van der Waals surface area contributed by atoms with Gasteiger partial charge >= 0.3 is 0 Å². The second-order valence-electron chi connectivity index (χ2n) is 11.7. The molecule has 0 amide bonds. The lowest BCUT2D eigenvalue weighted by Gasteiger charge is -2.01. The van der Waals surface area contributed by atoms with Crippen LogP contribution in [-0.2, 0) is 32.4 Å². The first-order valence-corrected chi connectivity index (χ1v) is 16.4. The van der Waals surface area contributed by atoms with Gasteiger partial charge in [-0.1, -0.05) is 40.0 Å². The molecule has 3 aromatic heterocycles. The van der Waals surface area contributed by atoms with Gasteiger partial charge in [0.25, 0.3) is 24.2 Å². The summed E-state index contributed by atoms with van der Waals surface area (Å²) in [6.45, 7) is 5.16. The first-order valence-electron chi connectivity index (χ1n) is 16.4. The molecular weight excluding hydrogens is 674 g/mol. The molecule has 0 aliphatic rings. The molecule has 272 valence electrons. The Morgan fingerprint density at radius 2 is 1.18 bits per heavy atom. The molecule has 3 heterocycles. The minimum Gasteiger partial charge on any atom is -0.399 e. The average molecular weight is 714 g/mol. The van der Waals surface area contributed by atoms with Crippen LogP contribution in [0.4, 0.5) is 34.6 Å². The second kappa shape index (κ2) is 17.4. The van der Waals surface area contributed by atoms with E-state index in [0.717, 1.165) is 65.3 Å². The summed E-state index contributed by atoms with van der Waals surface area (Å²) in [4.78, 5) is 20.5. The maximum Gasteiger partial charge on any atom is 0.270 e. The molecule has 51 heavy (non-hydrogen) atoms. The SMILES string of the molecule is CCCc1[nH]nc2ccc([N+](=O)[O-])cc12.CCCc1nn(CC(F)F)c2ccc(N)cc12.CCCc1nn(CC(F)F)c2ccc([N+](=O)[O-])cc12. The number of nitrogens with zero attached hydrogens (tertiary/aromatic N) is 7. The van der Waals surface area contributed by atoms with Crippen molar-refractivity contribution in [2.75, 3.05) is 5.73 Å². The Balaban J connectivity index is 0.000000173. The molecule has 0 unspecified atom stereocenters. The molecule has 0 spiro atoms. The number of fused-ring (bicyclic) bond motifs is 3. The van der Waals surface area contributed by atoms with E-state index in [1.807, 2.05) is 13.8 Å². The highest BCUT2D eigenvalue weighted by atomic mass is 19.3. The Bertz CT molecular complexity index is 2110. The number of non-ortho nitro benzene ring substituents is 2. The normalized spacial score (nSPS) is 11.2. The van der Waals surface area contributed by atoms with E-state index in [4.69, 9.17) is 5.73 Å². The fraction of sp³-hybridized carbons (Fsp3) is 0.382. The van der Waals surface area contributed by atoms with E-state index in [9.17, 15) is 37.8 Å². The molecule has 3 N–H and O–H groups in total. The number of nitrogens with one attached hydrogen (secondary N) is 1. The van der Waals surface area contributed by atoms with Crippen LogP contribution in [0, 0.1) is 20.2 Å². The third-order valence-electron chi connectivity index (χ3n) is 7.80. The number of H-pyrrole nitrogens is 1. The molecule has 0 saturated carbocycles. The summed E-state index contributed by atoms with van der Waals surface area (Å²) in [5.74, 6) is 0. The zero-order chi connectivity index (χ0) is 37.2. The van der Waals surface area contributed by atoms with Gasteiger partial charge in [0.05, 0.1) is 37.8 Å². The third kappa shape index (κ3) is 9.55. The van der Waals surface area contributed by atoms with Gasteiger partial charge in [-0.05, 0) is 49.6 Å². The number of nitro benzene ring substituents is 2. The number of rotatable bonds is 12. The highest BCUT2D eigenvalue weighted by molar-refractivity contribution is 5.86. The number of hydrogen-bond donors (Lipinski definition) is 2. The topological polar surface area (TPSA) is 177 Å². The molecule has 0 radical (unpaired) electrons. The zero-order valence-corrected chi connectivity index (χ0v) is 28.4. The summed E-state index contributed by atoms with van der Waals surface area (Å²) < 4.78 is 52.4. The van der Waals surface area contributed by atoms with Gasteiger partial charge in [0, 0.05) is 51.8 Å². The zero-order valence-electron chi connectivity index (χ0n) is 28.4. The fourth-order valence-corrected chi connectivity index (χ4v) is 5.60. The van der Waals surface area contributed by atoms with Gasteiger partial charge in [0.2, 0.25) is 0 Å². The van der Waals surface area contributed by atoms with Crippen molar-refractivity contribution in [3.63, 3.8) is 0 Å². The van der Waals surface area contributed by atoms with Crippen LogP contribution in [0.1, 0.15) is 57.1 Å². The van der Waals surface area contributed by atoms with Crippen LogP contribution in [0.3, 0.4) is 0 Å². The number of halogens is 4. The van der Waals surface area contributed by atoms with E-state index in [0.29, 0.717) is 28.7 Å². The summed E-state index contributed by atoms with van der Waals surface area (Å²) in [5, 5.41) is 39.1. The highest BCUT2D eigenvalue weighted by Gasteiger charge is 2.17. The molecule has 0 aliphatic heterocycles. The minimum absolute atomic E-state index is 0.0542. The average Bonchev–Trinajstić information content (AvgIpc) is 3.74. The molecule has 6 rings (SSSR count). The fourth-order valence-electron chi connectivity index (χ4n) is 5.60. The van der Waals surface area contributed by atoms with Crippen LogP contribution in [0.25, 0.3) is 32.7 Å². The maximum absolute atomic E-state index is 12.5. The van der Waals surface area contributed by atoms with Gasteiger partial charge in [0.15, 0.2) is 0 Å². The van der Waals surface area contributed by atoms with Gasteiger partial charge in [-0.2, -0.15) is 15.3 Å². The lowest BCUT2D eigenvalue weighted by atomic mass is 10.1. The van der Waals surface area contributed by atoms with Gasteiger partial charge < -0.3 is 5.73 Å². The largest absolute Gasteiger partial charge is 0.399 e. The minimum atomic E-state index is -2.51. The first kappa shape index (κ1) is 38.2. The summed E-state index contributed by atoms with van der Waals surface area (Å²) in [6.07, 6.45) is 0.0405. The van der Waals surface area contributed by atoms with E-state index < -0.39 is 24.3 Å². The Kier molecular flexibility index (Phi) is 13.0. The van der Waals surface area contributed by atoms with Gasteiger partial charge in [-0.3, -0.25) is 34.7 Å². The van der Waals surface area contributed by atoms with Crippen molar-refractivity contribution in [2.24, 2.45) is 0 Å². The monoisotopic (exact) mass is 713 g/mol. The second-order valence-corrected chi connectivity index (χ2v) is 11.7. The van der Waals surface area contributed by atoms with Crippen LogP contribution >= 0.6 is 0 Å².